The summed E-state index contributed by atoms with van der Waals surface area (Å²) in [7, 11) is 0. The fraction of sp³-hybridized carbons (Fsp3) is 0.500. The number of rotatable bonds is 6. The number of imidazole rings is 1. The Bertz CT molecular complexity index is 501. The average Bonchev–Trinajstić information content (AvgIpc) is 2.67. The molecule has 1 N–H and O–H groups in total. The fourth-order valence-corrected chi connectivity index (χ4v) is 2.29. The molecule has 0 amide bonds. The number of fused-ring (bicyclic) bond motifs is 1. The molecule has 0 aliphatic heterocycles. The molecular formula is C14H21N3O. The summed E-state index contributed by atoms with van der Waals surface area (Å²) in [5.41, 5.74) is 3.28. The maximum absolute atomic E-state index is 9.11. The second-order valence-electron chi connectivity index (χ2n) is 4.57. The first-order valence-electron chi connectivity index (χ1n) is 6.52. The van der Waals surface area contributed by atoms with Gasteiger partial charge in [0.2, 0.25) is 0 Å². The molecule has 0 unspecified atom stereocenters. The second-order valence-corrected chi connectivity index (χ2v) is 4.57. The Labute approximate surface area is 108 Å². The molecule has 0 atom stereocenters. The molecular weight excluding hydrogens is 226 g/mol. The first-order valence-corrected chi connectivity index (χ1v) is 6.52. The Hall–Kier alpha value is -1.39. The van der Waals surface area contributed by atoms with E-state index in [2.05, 4.69) is 21.2 Å². The van der Waals surface area contributed by atoms with Gasteiger partial charge in [-0.15, -0.1) is 0 Å². The SMILES string of the molecule is CCCN(CCO)Cc1c(C)nc2ccccn12. The number of pyridine rings is 1. The van der Waals surface area contributed by atoms with Crippen molar-refractivity contribution in [2.45, 2.75) is 26.8 Å². The quantitative estimate of drug-likeness (QED) is 0.847. The van der Waals surface area contributed by atoms with Gasteiger partial charge in [-0.2, -0.15) is 0 Å². The summed E-state index contributed by atoms with van der Waals surface area (Å²) < 4.78 is 2.13. The Balaban J connectivity index is 2.26. The summed E-state index contributed by atoms with van der Waals surface area (Å²) in [4.78, 5) is 6.83. The number of aryl methyl sites for hydroxylation is 1. The molecule has 4 nitrogen and oxygen atoms in total. The van der Waals surface area contributed by atoms with Crippen LogP contribution in [0.3, 0.4) is 0 Å². The molecule has 2 rings (SSSR count). The van der Waals surface area contributed by atoms with Gasteiger partial charge in [0.1, 0.15) is 5.65 Å². The van der Waals surface area contributed by atoms with Crippen molar-refractivity contribution >= 4 is 5.65 Å². The number of hydrogen-bond donors (Lipinski definition) is 1. The minimum absolute atomic E-state index is 0.204. The van der Waals surface area contributed by atoms with Crippen molar-refractivity contribution in [2.24, 2.45) is 0 Å². The molecule has 0 fully saturated rings. The zero-order valence-corrected chi connectivity index (χ0v) is 11.1. The highest BCUT2D eigenvalue weighted by atomic mass is 16.3. The second kappa shape index (κ2) is 5.98. The van der Waals surface area contributed by atoms with Gasteiger partial charge >= 0.3 is 0 Å². The third kappa shape index (κ3) is 2.71. The van der Waals surface area contributed by atoms with Crippen molar-refractivity contribution in [1.82, 2.24) is 14.3 Å². The molecule has 0 radical (unpaired) electrons. The number of hydrogen-bond acceptors (Lipinski definition) is 3. The van der Waals surface area contributed by atoms with E-state index in [0.29, 0.717) is 6.54 Å². The van der Waals surface area contributed by atoms with Gasteiger partial charge in [-0.1, -0.05) is 13.0 Å². The Morgan fingerprint density at radius 2 is 2.17 bits per heavy atom. The van der Waals surface area contributed by atoms with Crippen LogP contribution in [0, 0.1) is 6.92 Å². The van der Waals surface area contributed by atoms with Gasteiger partial charge in [0.05, 0.1) is 18.0 Å². The lowest BCUT2D eigenvalue weighted by Crippen LogP contribution is -2.28. The van der Waals surface area contributed by atoms with E-state index in [9.17, 15) is 0 Å². The lowest BCUT2D eigenvalue weighted by atomic mass is 10.3. The summed E-state index contributed by atoms with van der Waals surface area (Å²) in [6.07, 6.45) is 3.14. The third-order valence-corrected chi connectivity index (χ3v) is 3.16. The van der Waals surface area contributed by atoms with Gasteiger partial charge < -0.3 is 9.51 Å². The highest BCUT2D eigenvalue weighted by molar-refractivity contribution is 5.42. The van der Waals surface area contributed by atoms with Gasteiger partial charge in [-0.05, 0) is 32.0 Å². The van der Waals surface area contributed by atoms with E-state index in [0.717, 1.165) is 30.9 Å². The van der Waals surface area contributed by atoms with E-state index >= 15 is 0 Å². The molecule has 98 valence electrons. The zero-order chi connectivity index (χ0) is 13.0. The van der Waals surface area contributed by atoms with Crippen molar-refractivity contribution < 1.29 is 5.11 Å². The molecule has 4 heteroatoms. The Morgan fingerprint density at radius 3 is 2.89 bits per heavy atom. The van der Waals surface area contributed by atoms with E-state index in [1.54, 1.807) is 0 Å². The van der Waals surface area contributed by atoms with Crippen LogP contribution in [0.25, 0.3) is 5.65 Å². The molecule has 0 aliphatic carbocycles. The van der Waals surface area contributed by atoms with Crippen molar-refractivity contribution in [3.8, 4) is 0 Å². The molecule has 2 aromatic rings. The van der Waals surface area contributed by atoms with Gasteiger partial charge in [0, 0.05) is 19.3 Å². The van der Waals surface area contributed by atoms with Crippen LogP contribution >= 0.6 is 0 Å². The van der Waals surface area contributed by atoms with Crippen LogP contribution in [0.1, 0.15) is 24.7 Å². The largest absolute Gasteiger partial charge is 0.395 e. The maximum Gasteiger partial charge on any atom is 0.137 e. The molecule has 0 aromatic carbocycles. The highest BCUT2D eigenvalue weighted by Gasteiger charge is 2.12. The molecule has 0 saturated heterocycles. The molecule has 0 aliphatic rings. The van der Waals surface area contributed by atoms with Gasteiger partial charge in [-0.3, -0.25) is 4.90 Å². The molecule has 18 heavy (non-hydrogen) atoms. The van der Waals surface area contributed by atoms with Crippen LogP contribution in [0.15, 0.2) is 24.4 Å². The summed E-state index contributed by atoms with van der Waals surface area (Å²) >= 11 is 0. The summed E-state index contributed by atoms with van der Waals surface area (Å²) in [5.74, 6) is 0. The number of aliphatic hydroxyl groups excluding tert-OH is 1. The van der Waals surface area contributed by atoms with Crippen LogP contribution in [0.5, 0.6) is 0 Å². The highest BCUT2D eigenvalue weighted by Crippen LogP contribution is 2.14. The fourth-order valence-electron chi connectivity index (χ4n) is 2.29. The van der Waals surface area contributed by atoms with Gasteiger partial charge in [-0.25, -0.2) is 4.98 Å². The maximum atomic E-state index is 9.11. The summed E-state index contributed by atoms with van der Waals surface area (Å²) in [6, 6.07) is 6.05. The van der Waals surface area contributed by atoms with E-state index < -0.39 is 0 Å². The van der Waals surface area contributed by atoms with E-state index in [1.807, 2.05) is 31.3 Å². The zero-order valence-electron chi connectivity index (χ0n) is 11.1. The monoisotopic (exact) mass is 247 g/mol. The first-order chi connectivity index (χ1) is 8.76. The van der Waals surface area contributed by atoms with Gasteiger partial charge in [0.25, 0.3) is 0 Å². The van der Waals surface area contributed by atoms with Crippen molar-refractivity contribution in [3.63, 3.8) is 0 Å². The number of aliphatic hydroxyl groups is 1. The molecule has 0 bridgehead atoms. The van der Waals surface area contributed by atoms with E-state index in [4.69, 9.17) is 5.11 Å². The minimum Gasteiger partial charge on any atom is -0.395 e. The van der Waals surface area contributed by atoms with E-state index in [-0.39, 0.29) is 6.61 Å². The van der Waals surface area contributed by atoms with Crippen molar-refractivity contribution in [3.05, 3.63) is 35.8 Å². The predicted octanol–water partition coefficient (Wildman–Crippen LogP) is 1.85. The Kier molecular flexibility index (Phi) is 4.33. The molecule has 0 saturated carbocycles. The van der Waals surface area contributed by atoms with Crippen molar-refractivity contribution in [2.75, 3.05) is 19.7 Å². The molecule has 2 heterocycles. The minimum atomic E-state index is 0.204. The average molecular weight is 247 g/mol. The standard InChI is InChI=1S/C14H21N3O/c1-3-7-16(9-10-18)11-13-12(2)15-14-6-4-5-8-17(13)14/h4-6,8,18H,3,7,9-11H2,1-2H3. The van der Waals surface area contributed by atoms with Crippen LogP contribution in [0.2, 0.25) is 0 Å². The first kappa shape index (κ1) is 13.1. The normalized spacial score (nSPS) is 11.6. The lowest BCUT2D eigenvalue weighted by molar-refractivity contribution is 0.188. The topological polar surface area (TPSA) is 40.8 Å². The van der Waals surface area contributed by atoms with Crippen LogP contribution in [0.4, 0.5) is 0 Å². The van der Waals surface area contributed by atoms with E-state index in [1.165, 1.54) is 5.69 Å². The van der Waals surface area contributed by atoms with Crippen LogP contribution < -0.4 is 0 Å². The predicted molar refractivity (Wildman–Crippen MR) is 72.6 cm³/mol. The van der Waals surface area contributed by atoms with Crippen molar-refractivity contribution in [1.29, 1.82) is 0 Å². The lowest BCUT2D eigenvalue weighted by Gasteiger charge is -2.20. The number of nitrogens with zero attached hydrogens (tertiary/aromatic N) is 3. The third-order valence-electron chi connectivity index (χ3n) is 3.16. The van der Waals surface area contributed by atoms with Crippen LogP contribution in [-0.2, 0) is 6.54 Å². The summed E-state index contributed by atoms with van der Waals surface area (Å²) in [6.45, 7) is 6.96. The Morgan fingerprint density at radius 1 is 1.33 bits per heavy atom. The molecule has 2 aromatic heterocycles. The number of aromatic nitrogens is 2. The van der Waals surface area contributed by atoms with Crippen LogP contribution in [-0.4, -0.2) is 39.1 Å². The summed E-state index contributed by atoms with van der Waals surface area (Å²) in [5, 5.41) is 9.11. The molecule has 0 spiro atoms. The smallest absolute Gasteiger partial charge is 0.137 e. The van der Waals surface area contributed by atoms with Gasteiger partial charge in [0.15, 0.2) is 0 Å².